The van der Waals surface area contributed by atoms with Crippen LogP contribution in [0, 0.1) is 0 Å². The average molecular weight is 372 g/mol. The minimum Gasteiger partial charge on any atom is -0.469 e. The van der Waals surface area contributed by atoms with Crippen LogP contribution in [0.2, 0.25) is 0 Å². The van der Waals surface area contributed by atoms with E-state index in [0.717, 1.165) is 15.4 Å². The van der Waals surface area contributed by atoms with Gasteiger partial charge in [-0.1, -0.05) is 36.4 Å². The third-order valence-corrected chi connectivity index (χ3v) is 5.57. The molecule has 0 saturated carbocycles. The molecule has 5 nitrogen and oxygen atoms in total. The maximum absolute atomic E-state index is 12.6. The summed E-state index contributed by atoms with van der Waals surface area (Å²) in [4.78, 5) is 30.0. The second-order valence-electron chi connectivity index (χ2n) is 5.22. The summed E-state index contributed by atoms with van der Waals surface area (Å²) < 4.78 is 4.73. The molecule has 0 aliphatic rings. The molecule has 0 fully saturated rings. The number of nitrogens with one attached hydrogen (secondary N) is 1. The van der Waals surface area contributed by atoms with Crippen molar-refractivity contribution in [3.05, 3.63) is 63.8 Å². The van der Waals surface area contributed by atoms with Gasteiger partial charge in [-0.25, -0.2) is 4.98 Å². The van der Waals surface area contributed by atoms with Gasteiger partial charge in [-0.15, -0.1) is 22.7 Å². The summed E-state index contributed by atoms with van der Waals surface area (Å²) in [5.74, 6) is -0.616. The topological polar surface area (TPSA) is 68.3 Å². The standard InChI is InChI=1S/C18H16N2O3S2/c1-23-16(21)10-13(14-8-5-9-24-14)20-17(22)15-11-19-18(25-15)12-6-3-2-4-7-12/h2-9,11,13H,10H2,1H3,(H,20,22). The first-order chi connectivity index (χ1) is 12.2. The number of hydrogen-bond donors (Lipinski definition) is 1. The molecule has 0 aliphatic heterocycles. The average Bonchev–Trinajstić information content (AvgIpc) is 3.33. The molecule has 0 radical (unpaired) electrons. The highest BCUT2D eigenvalue weighted by atomic mass is 32.1. The van der Waals surface area contributed by atoms with Crippen LogP contribution >= 0.6 is 22.7 Å². The van der Waals surface area contributed by atoms with Crippen molar-refractivity contribution in [3.63, 3.8) is 0 Å². The monoisotopic (exact) mass is 372 g/mol. The van der Waals surface area contributed by atoms with Gasteiger partial charge in [0.2, 0.25) is 0 Å². The first-order valence-electron chi connectivity index (χ1n) is 7.59. The van der Waals surface area contributed by atoms with Crippen LogP contribution < -0.4 is 5.32 Å². The summed E-state index contributed by atoms with van der Waals surface area (Å²) in [6.07, 6.45) is 1.65. The van der Waals surface area contributed by atoms with Crippen LogP contribution in [0.3, 0.4) is 0 Å². The van der Waals surface area contributed by atoms with Gasteiger partial charge < -0.3 is 10.1 Å². The molecular weight excluding hydrogens is 356 g/mol. The number of nitrogens with zero attached hydrogens (tertiary/aromatic N) is 1. The number of thiophene rings is 1. The van der Waals surface area contributed by atoms with Crippen molar-refractivity contribution in [2.75, 3.05) is 7.11 Å². The maximum Gasteiger partial charge on any atom is 0.307 e. The molecule has 0 bridgehead atoms. The Bertz CT molecular complexity index is 844. The second-order valence-corrected chi connectivity index (χ2v) is 7.23. The lowest BCUT2D eigenvalue weighted by atomic mass is 10.1. The molecule has 3 rings (SSSR count). The third-order valence-electron chi connectivity index (χ3n) is 3.54. The number of hydrogen-bond acceptors (Lipinski definition) is 6. The number of rotatable bonds is 6. The van der Waals surface area contributed by atoms with Crippen LogP contribution in [0.1, 0.15) is 27.0 Å². The number of ether oxygens (including phenoxy) is 1. The SMILES string of the molecule is COC(=O)CC(NC(=O)c1cnc(-c2ccccc2)s1)c1cccs1. The second kappa shape index (κ2) is 8.04. The number of carbonyl (C=O) groups excluding carboxylic acids is 2. The first-order valence-corrected chi connectivity index (χ1v) is 9.29. The number of carbonyl (C=O) groups is 2. The van der Waals surface area contributed by atoms with E-state index in [1.165, 1.54) is 29.8 Å². The van der Waals surface area contributed by atoms with Gasteiger partial charge in [-0.3, -0.25) is 9.59 Å². The molecular formula is C18H16N2O3S2. The molecule has 1 unspecified atom stereocenters. The van der Waals surface area contributed by atoms with Gasteiger partial charge in [0.1, 0.15) is 9.88 Å². The van der Waals surface area contributed by atoms with E-state index < -0.39 is 6.04 Å². The highest BCUT2D eigenvalue weighted by Gasteiger charge is 2.21. The zero-order chi connectivity index (χ0) is 17.6. The summed E-state index contributed by atoms with van der Waals surface area (Å²) >= 11 is 2.81. The molecule has 25 heavy (non-hydrogen) atoms. The van der Waals surface area contributed by atoms with Gasteiger partial charge in [-0.2, -0.15) is 0 Å². The summed E-state index contributed by atoms with van der Waals surface area (Å²) in [5.41, 5.74) is 0.968. The van der Waals surface area contributed by atoms with Gasteiger partial charge in [0, 0.05) is 10.4 Å². The Morgan fingerprint density at radius 2 is 2.00 bits per heavy atom. The van der Waals surface area contributed by atoms with Crippen molar-refractivity contribution in [2.45, 2.75) is 12.5 Å². The van der Waals surface area contributed by atoms with Crippen molar-refractivity contribution in [1.82, 2.24) is 10.3 Å². The fraction of sp³-hybridized carbons (Fsp3) is 0.167. The van der Waals surface area contributed by atoms with Gasteiger partial charge in [0.15, 0.2) is 0 Å². The largest absolute Gasteiger partial charge is 0.469 e. The predicted molar refractivity (Wildman–Crippen MR) is 98.7 cm³/mol. The van der Waals surface area contributed by atoms with Crippen LogP contribution in [0.5, 0.6) is 0 Å². The minimum absolute atomic E-state index is 0.0904. The summed E-state index contributed by atoms with van der Waals surface area (Å²) in [7, 11) is 1.34. The highest BCUT2D eigenvalue weighted by molar-refractivity contribution is 7.16. The normalized spacial score (nSPS) is 11.7. The van der Waals surface area contributed by atoms with Crippen LogP contribution in [0.4, 0.5) is 0 Å². The van der Waals surface area contributed by atoms with Crippen LogP contribution in [0.25, 0.3) is 10.6 Å². The first kappa shape index (κ1) is 17.3. The molecule has 7 heteroatoms. The van der Waals surface area contributed by atoms with E-state index in [2.05, 4.69) is 10.3 Å². The van der Waals surface area contributed by atoms with Crippen molar-refractivity contribution in [3.8, 4) is 10.6 Å². The molecule has 0 saturated heterocycles. The quantitative estimate of drug-likeness (QED) is 0.666. The van der Waals surface area contributed by atoms with E-state index in [1.54, 1.807) is 6.20 Å². The Morgan fingerprint density at radius 1 is 1.20 bits per heavy atom. The van der Waals surface area contributed by atoms with Crippen molar-refractivity contribution >= 4 is 34.6 Å². The van der Waals surface area contributed by atoms with E-state index in [0.29, 0.717) is 4.88 Å². The van der Waals surface area contributed by atoms with Crippen LogP contribution in [-0.4, -0.2) is 24.0 Å². The van der Waals surface area contributed by atoms with Crippen molar-refractivity contribution in [2.24, 2.45) is 0 Å². The molecule has 128 valence electrons. The zero-order valence-corrected chi connectivity index (χ0v) is 15.1. The number of thiazole rings is 1. The Morgan fingerprint density at radius 3 is 2.68 bits per heavy atom. The molecule has 2 aromatic heterocycles. The van der Waals surface area contributed by atoms with E-state index in [-0.39, 0.29) is 18.3 Å². The Kier molecular flexibility index (Phi) is 5.57. The lowest BCUT2D eigenvalue weighted by molar-refractivity contribution is -0.141. The van der Waals surface area contributed by atoms with Crippen LogP contribution in [-0.2, 0) is 9.53 Å². The fourth-order valence-electron chi connectivity index (χ4n) is 2.28. The molecule has 0 spiro atoms. The van der Waals surface area contributed by atoms with E-state index in [9.17, 15) is 9.59 Å². The molecule has 0 aliphatic carbocycles. The molecule has 1 N–H and O–H groups in total. The highest BCUT2D eigenvalue weighted by Crippen LogP contribution is 2.27. The summed E-state index contributed by atoms with van der Waals surface area (Å²) in [6.45, 7) is 0. The molecule has 1 amide bonds. The fourth-order valence-corrected chi connectivity index (χ4v) is 3.89. The van der Waals surface area contributed by atoms with Crippen LogP contribution in [0.15, 0.2) is 54.0 Å². The van der Waals surface area contributed by atoms with E-state index in [1.807, 2.05) is 47.8 Å². The predicted octanol–water partition coefficient (Wildman–Crippen LogP) is 3.91. The lowest BCUT2D eigenvalue weighted by Crippen LogP contribution is -2.29. The Balaban J connectivity index is 1.75. The van der Waals surface area contributed by atoms with Gasteiger partial charge in [0.05, 0.1) is 25.8 Å². The third kappa shape index (κ3) is 4.32. The summed E-state index contributed by atoms with van der Waals surface area (Å²) in [6, 6.07) is 13.1. The van der Waals surface area contributed by atoms with E-state index >= 15 is 0 Å². The number of benzene rings is 1. The van der Waals surface area contributed by atoms with Gasteiger partial charge >= 0.3 is 5.97 Å². The number of methoxy groups -OCH3 is 1. The van der Waals surface area contributed by atoms with E-state index in [4.69, 9.17) is 4.74 Å². The maximum atomic E-state index is 12.6. The Labute approximate surface area is 153 Å². The van der Waals surface area contributed by atoms with Crippen molar-refractivity contribution < 1.29 is 14.3 Å². The zero-order valence-electron chi connectivity index (χ0n) is 13.5. The number of amides is 1. The number of aromatic nitrogens is 1. The molecule has 1 aromatic carbocycles. The van der Waals surface area contributed by atoms with Gasteiger partial charge in [-0.05, 0) is 11.4 Å². The molecule has 1 atom stereocenters. The Hall–Kier alpha value is -2.51. The molecule has 3 aromatic rings. The smallest absolute Gasteiger partial charge is 0.307 e. The lowest BCUT2D eigenvalue weighted by Gasteiger charge is -2.15. The van der Waals surface area contributed by atoms with Crippen molar-refractivity contribution in [1.29, 1.82) is 0 Å². The molecule has 2 heterocycles. The number of esters is 1. The minimum atomic E-state index is -0.415. The summed E-state index contributed by atoms with van der Waals surface area (Å²) in [5, 5.41) is 5.60. The van der Waals surface area contributed by atoms with Gasteiger partial charge in [0.25, 0.3) is 5.91 Å².